The van der Waals surface area contributed by atoms with Crippen molar-refractivity contribution in [2.24, 2.45) is 4.99 Å². The Bertz CT molecular complexity index is 233. The molecule has 0 aromatic heterocycles. The predicted octanol–water partition coefficient (Wildman–Crippen LogP) is 1.31. The van der Waals surface area contributed by atoms with Crippen LogP contribution >= 0.6 is 0 Å². The normalized spacial score (nSPS) is 13.7. The van der Waals surface area contributed by atoms with Gasteiger partial charge in [-0.2, -0.15) is 0 Å². The highest BCUT2D eigenvalue weighted by Gasteiger charge is 2.04. The summed E-state index contributed by atoms with van der Waals surface area (Å²) in [4.78, 5) is 7.03. The quantitative estimate of drug-likeness (QED) is 0.465. The fraction of sp³-hybridized carbons (Fsp3) is 0.929. The topological polar surface area (TPSA) is 48.9 Å². The number of guanidine groups is 1. The lowest BCUT2D eigenvalue weighted by Gasteiger charge is -2.20. The van der Waals surface area contributed by atoms with Crippen LogP contribution in [-0.4, -0.2) is 63.3 Å². The maximum absolute atomic E-state index is 5.12. The first-order valence-electron chi connectivity index (χ1n) is 7.43. The summed E-state index contributed by atoms with van der Waals surface area (Å²) in [5.74, 6) is 0.875. The van der Waals surface area contributed by atoms with Gasteiger partial charge >= 0.3 is 0 Å². The summed E-state index contributed by atoms with van der Waals surface area (Å²) < 4.78 is 5.12. The highest BCUT2D eigenvalue weighted by Crippen LogP contribution is 1.91. The average Bonchev–Trinajstić information content (AvgIpc) is 2.38. The molecule has 0 heterocycles. The number of hydrogen-bond donors (Lipinski definition) is 2. The molecule has 114 valence electrons. The Morgan fingerprint density at radius 3 is 2.53 bits per heavy atom. The number of ether oxygens (including phenoxy) is 1. The molecule has 2 N–H and O–H groups in total. The Morgan fingerprint density at radius 2 is 2.00 bits per heavy atom. The fourth-order valence-electron chi connectivity index (χ4n) is 1.89. The highest BCUT2D eigenvalue weighted by molar-refractivity contribution is 5.80. The van der Waals surface area contributed by atoms with E-state index in [9.17, 15) is 0 Å². The largest absolute Gasteiger partial charge is 0.383 e. The molecule has 5 heteroatoms. The molecule has 1 unspecified atom stereocenters. The van der Waals surface area contributed by atoms with Gasteiger partial charge in [0.2, 0.25) is 0 Å². The minimum atomic E-state index is 0.265. The third-order valence-corrected chi connectivity index (χ3v) is 2.82. The Morgan fingerprint density at radius 1 is 1.26 bits per heavy atom. The summed E-state index contributed by atoms with van der Waals surface area (Å²) in [6.45, 7) is 14.2. The third-order valence-electron chi connectivity index (χ3n) is 2.82. The van der Waals surface area contributed by atoms with E-state index in [1.165, 1.54) is 6.42 Å². The van der Waals surface area contributed by atoms with Gasteiger partial charge in [-0.1, -0.05) is 13.8 Å². The van der Waals surface area contributed by atoms with Crippen molar-refractivity contribution < 1.29 is 4.74 Å². The van der Waals surface area contributed by atoms with Crippen LogP contribution in [0.1, 0.15) is 34.1 Å². The third kappa shape index (κ3) is 9.73. The number of methoxy groups -OCH3 is 1. The zero-order valence-corrected chi connectivity index (χ0v) is 13.3. The number of likely N-dealkylation sites (N-methyl/N-ethyl adjacent to an activating group) is 1. The SMILES string of the molecule is CCCN(CC)CCN=C(NCC)NC(C)COC. The van der Waals surface area contributed by atoms with Gasteiger partial charge in [0.05, 0.1) is 13.2 Å². The van der Waals surface area contributed by atoms with E-state index >= 15 is 0 Å². The summed E-state index contributed by atoms with van der Waals surface area (Å²) in [6.07, 6.45) is 1.20. The lowest BCUT2D eigenvalue weighted by molar-refractivity contribution is 0.179. The van der Waals surface area contributed by atoms with E-state index in [2.05, 4.69) is 48.2 Å². The summed E-state index contributed by atoms with van der Waals surface area (Å²) >= 11 is 0. The molecular weight excluding hydrogens is 240 g/mol. The molecule has 0 saturated heterocycles. The van der Waals surface area contributed by atoms with Crippen LogP contribution in [0.15, 0.2) is 4.99 Å². The number of nitrogens with one attached hydrogen (secondary N) is 2. The molecule has 0 bridgehead atoms. The van der Waals surface area contributed by atoms with Gasteiger partial charge in [0.25, 0.3) is 0 Å². The van der Waals surface area contributed by atoms with Gasteiger partial charge in [0.1, 0.15) is 0 Å². The maximum Gasteiger partial charge on any atom is 0.191 e. The summed E-state index contributed by atoms with van der Waals surface area (Å²) in [6, 6.07) is 0.265. The monoisotopic (exact) mass is 272 g/mol. The first kappa shape index (κ1) is 18.2. The molecule has 0 aliphatic carbocycles. The fourth-order valence-corrected chi connectivity index (χ4v) is 1.89. The van der Waals surface area contributed by atoms with Crippen molar-refractivity contribution in [1.29, 1.82) is 0 Å². The lowest BCUT2D eigenvalue weighted by Crippen LogP contribution is -2.44. The Labute approximate surface area is 118 Å². The van der Waals surface area contributed by atoms with E-state index in [4.69, 9.17) is 4.74 Å². The van der Waals surface area contributed by atoms with Crippen LogP contribution in [0.5, 0.6) is 0 Å². The molecule has 19 heavy (non-hydrogen) atoms. The van der Waals surface area contributed by atoms with Gasteiger partial charge in [0.15, 0.2) is 5.96 Å². The molecule has 1 atom stereocenters. The second kappa shape index (κ2) is 12.2. The number of hydrogen-bond acceptors (Lipinski definition) is 3. The molecular formula is C14H32N4O. The molecule has 0 fully saturated rings. The van der Waals surface area contributed by atoms with Crippen LogP contribution in [0.3, 0.4) is 0 Å². The van der Waals surface area contributed by atoms with Gasteiger partial charge in [-0.25, -0.2) is 0 Å². The van der Waals surface area contributed by atoms with E-state index < -0.39 is 0 Å². The van der Waals surface area contributed by atoms with Crippen LogP contribution < -0.4 is 10.6 Å². The molecule has 0 aromatic rings. The lowest BCUT2D eigenvalue weighted by atomic mass is 10.4. The predicted molar refractivity (Wildman–Crippen MR) is 82.9 cm³/mol. The summed E-state index contributed by atoms with van der Waals surface area (Å²) in [7, 11) is 1.71. The Kier molecular flexibility index (Phi) is 11.7. The first-order valence-corrected chi connectivity index (χ1v) is 7.43. The average molecular weight is 272 g/mol. The minimum absolute atomic E-state index is 0.265. The van der Waals surface area contributed by atoms with E-state index in [0.717, 1.165) is 38.7 Å². The maximum atomic E-state index is 5.12. The number of nitrogens with zero attached hydrogens (tertiary/aromatic N) is 2. The van der Waals surface area contributed by atoms with Crippen LogP contribution in [0.2, 0.25) is 0 Å². The van der Waals surface area contributed by atoms with Gasteiger partial charge in [0, 0.05) is 26.2 Å². The summed E-state index contributed by atoms with van der Waals surface area (Å²) in [5, 5.41) is 6.60. The van der Waals surface area contributed by atoms with Crippen molar-refractivity contribution >= 4 is 5.96 Å². The second-order valence-corrected chi connectivity index (χ2v) is 4.70. The van der Waals surface area contributed by atoms with Gasteiger partial charge in [-0.05, 0) is 33.4 Å². The molecule has 0 aliphatic rings. The van der Waals surface area contributed by atoms with Crippen molar-refractivity contribution in [3.05, 3.63) is 0 Å². The van der Waals surface area contributed by atoms with E-state index in [0.29, 0.717) is 6.61 Å². The van der Waals surface area contributed by atoms with Crippen LogP contribution in [0, 0.1) is 0 Å². The number of rotatable bonds is 10. The van der Waals surface area contributed by atoms with Crippen LogP contribution in [0.25, 0.3) is 0 Å². The zero-order valence-electron chi connectivity index (χ0n) is 13.3. The van der Waals surface area contributed by atoms with Crippen molar-refractivity contribution in [1.82, 2.24) is 15.5 Å². The van der Waals surface area contributed by atoms with Crippen molar-refractivity contribution in [2.75, 3.05) is 46.4 Å². The first-order chi connectivity index (χ1) is 9.17. The number of aliphatic imine (C=N–C) groups is 1. The van der Waals surface area contributed by atoms with Crippen LogP contribution in [0.4, 0.5) is 0 Å². The molecule has 5 nitrogen and oxygen atoms in total. The van der Waals surface area contributed by atoms with Gasteiger partial charge < -0.3 is 20.3 Å². The van der Waals surface area contributed by atoms with Gasteiger partial charge in [-0.3, -0.25) is 4.99 Å². The van der Waals surface area contributed by atoms with Crippen molar-refractivity contribution in [2.45, 2.75) is 40.2 Å². The van der Waals surface area contributed by atoms with Gasteiger partial charge in [-0.15, -0.1) is 0 Å². The highest BCUT2D eigenvalue weighted by atomic mass is 16.5. The molecule has 0 aromatic carbocycles. The molecule has 0 rings (SSSR count). The molecule has 0 spiro atoms. The van der Waals surface area contributed by atoms with E-state index in [-0.39, 0.29) is 6.04 Å². The smallest absolute Gasteiger partial charge is 0.191 e. The minimum Gasteiger partial charge on any atom is -0.383 e. The molecule has 0 amide bonds. The molecule has 0 aliphatic heterocycles. The second-order valence-electron chi connectivity index (χ2n) is 4.70. The van der Waals surface area contributed by atoms with Crippen LogP contribution in [-0.2, 0) is 4.74 Å². The molecule has 0 saturated carbocycles. The zero-order chi connectivity index (χ0) is 14.5. The van der Waals surface area contributed by atoms with Crippen molar-refractivity contribution in [3.63, 3.8) is 0 Å². The van der Waals surface area contributed by atoms with E-state index in [1.807, 2.05) is 0 Å². The van der Waals surface area contributed by atoms with E-state index in [1.54, 1.807) is 7.11 Å². The summed E-state index contributed by atoms with van der Waals surface area (Å²) in [5.41, 5.74) is 0. The standard InChI is InChI=1S/C14H32N4O/c1-6-10-18(8-3)11-9-16-14(15-7-2)17-13(4)12-19-5/h13H,6-12H2,1-5H3,(H2,15,16,17). The molecule has 0 radical (unpaired) electrons. The Balaban J connectivity index is 4.16. The van der Waals surface area contributed by atoms with Crippen molar-refractivity contribution in [3.8, 4) is 0 Å². The Hall–Kier alpha value is -0.810.